The SMILES string of the molecule is CC(C)c1ccc(NC(=O)/C(C#N)=C/c2ccc(-c3ccccc3[N+](=O)[O-])o2)cc1. The number of nitrogens with one attached hydrogen (secondary N) is 1. The number of benzene rings is 2. The minimum Gasteiger partial charge on any atom is -0.456 e. The standard InChI is InChI=1S/C23H19N3O4/c1-15(2)16-7-9-18(10-8-16)25-23(27)17(14-24)13-19-11-12-22(30-19)20-5-3-4-6-21(20)26(28)29/h3-13,15H,1-2H3,(H,25,27)/b17-13+. The predicted molar refractivity (Wildman–Crippen MR) is 114 cm³/mol. The van der Waals surface area contributed by atoms with Gasteiger partial charge in [0.1, 0.15) is 23.2 Å². The Morgan fingerprint density at radius 2 is 1.83 bits per heavy atom. The summed E-state index contributed by atoms with van der Waals surface area (Å²) in [7, 11) is 0. The van der Waals surface area contributed by atoms with Crippen molar-refractivity contribution in [2.75, 3.05) is 5.32 Å². The van der Waals surface area contributed by atoms with Crippen LogP contribution in [0.25, 0.3) is 17.4 Å². The molecule has 0 bridgehead atoms. The zero-order valence-electron chi connectivity index (χ0n) is 16.5. The highest BCUT2D eigenvalue weighted by Crippen LogP contribution is 2.31. The Bertz CT molecular complexity index is 1150. The first-order chi connectivity index (χ1) is 14.4. The maximum atomic E-state index is 12.5. The number of rotatable bonds is 6. The van der Waals surface area contributed by atoms with Gasteiger partial charge in [-0.3, -0.25) is 14.9 Å². The number of amides is 1. The predicted octanol–water partition coefficient (Wildman–Crippen LogP) is 5.52. The van der Waals surface area contributed by atoms with Crippen LogP contribution in [-0.4, -0.2) is 10.8 Å². The largest absolute Gasteiger partial charge is 0.456 e. The molecular formula is C23H19N3O4. The second kappa shape index (κ2) is 8.88. The van der Waals surface area contributed by atoms with Gasteiger partial charge in [-0.05, 0) is 41.8 Å². The van der Waals surface area contributed by atoms with Gasteiger partial charge in [-0.25, -0.2) is 0 Å². The molecule has 0 aliphatic heterocycles. The zero-order chi connectivity index (χ0) is 21.7. The molecule has 0 fully saturated rings. The van der Waals surface area contributed by atoms with Gasteiger partial charge in [-0.2, -0.15) is 5.26 Å². The molecule has 0 spiro atoms. The van der Waals surface area contributed by atoms with E-state index in [2.05, 4.69) is 19.2 Å². The number of hydrogen-bond donors (Lipinski definition) is 1. The first-order valence-electron chi connectivity index (χ1n) is 9.25. The summed E-state index contributed by atoms with van der Waals surface area (Å²) in [6.07, 6.45) is 1.30. The second-order valence-corrected chi connectivity index (χ2v) is 6.88. The van der Waals surface area contributed by atoms with Crippen molar-refractivity contribution in [3.8, 4) is 17.4 Å². The average molecular weight is 401 g/mol. The van der Waals surface area contributed by atoms with Gasteiger partial charge in [0.05, 0.1) is 10.5 Å². The molecular weight excluding hydrogens is 382 g/mol. The quantitative estimate of drug-likeness (QED) is 0.253. The van der Waals surface area contributed by atoms with E-state index in [4.69, 9.17) is 4.42 Å². The molecule has 3 rings (SSSR count). The highest BCUT2D eigenvalue weighted by Gasteiger charge is 2.17. The van der Waals surface area contributed by atoms with E-state index in [1.165, 1.54) is 12.1 Å². The highest BCUT2D eigenvalue weighted by molar-refractivity contribution is 6.09. The van der Waals surface area contributed by atoms with Crippen LogP contribution in [0.5, 0.6) is 0 Å². The summed E-state index contributed by atoms with van der Waals surface area (Å²) in [4.78, 5) is 23.2. The first kappa shape index (κ1) is 20.6. The van der Waals surface area contributed by atoms with Gasteiger partial charge in [0.2, 0.25) is 0 Å². The Balaban J connectivity index is 1.81. The topological polar surface area (TPSA) is 109 Å². The van der Waals surface area contributed by atoms with Crippen LogP contribution in [0.4, 0.5) is 11.4 Å². The van der Waals surface area contributed by atoms with Crippen molar-refractivity contribution in [1.82, 2.24) is 0 Å². The Morgan fingerprint density at radius 1 is 1.13 bits per heavy atom. The molecule has 1 amide bonds. The maximum absolute atomic E-state index is 12.5. The molecule has 1 heterocycles. The van der Waals surface area contributed by atoms with E-state index in [-0.39, 0.29) is 22.8 Å². The Labute approximate surface area is 173 Å². The molecule has 0 aliphatic rings. The molecule has 1 N–H and O–H groups in total. The number of nitrogens with zero attached hydrogens (tertiary/aromatic N) is 2. The first-order valence-corrected chi connectivity index (χ1v) is 9.25. The van der Waals surface area contributed by atoms with Crippen LogP contribution in [-0.2, 0) is 4.79 Å². The number of carbonyl (C=O) groups is 1. The molecule has 0 atom stereocenters. The third-order valence-electron chi connectivity index (χ3n) is 4.48. The normalized spacial score (nSPS) is 11.2. The van der Waals surface area contributed by atoms with E-state index < -0.39 is 10.8 Å². The third-order valence-corrected chi connectivity index (χ3v) is 4.48. The molecule has 0 unspecified atom stereocenters. The minimum atomic E-state index is -0.571. The zero-order valence-corrected chi connectivity index (χ0v) is 16.5. The lowest BCUT2D eigenvalue weighted by Gasteiger charge is -2.08. The second-order valence-electron chi connectivity index (χ2n) is 6.88. The van der Waals surface area contributed by atoms with E-state index >= 15 is 0 Å². The van der Waals surface area contributed by atoms with Crippen LogP contribution in [0, 0.1) is 21.4 Å². The van der Waals surface area contributed by atoms with Crippen LogP contribution in [0.15, 0.2) is 70.7 Å². The van der Waals surface area contributed by atoms with Crippen LogP contribution < -0.4 is 5.32 Å². The van der Waals surface area contributed by atoms with Crippen molar-refractivity contribution in [2.45, 2.75) is 19.8 Å². The molecule has 30 heavy (non-hydrogen) atoms. The monoisotopic (exact) mass is 401 g/mol. The number of carbonyl (C=O) groups excluding carboxylic acids is 1. The Hall–Kier alpha value is -4.18. The van der Waals surface area contributed by atoms with E-state index in [0.717, 1.165) is 5.56 Å². The molecule has 7 nitrogen and oxygen atoms in total. The molecule has 0 radical (unpaired) electrons. The van der Waals surface area contributed by atoms with Gasteiger partial charge >= 0.3 is 0 Å². The van der Waals surface area contributed by atoms with Crippen LogP contribution in [0.3, 0.4) is 0 Å². The van der Waals surface area contributed by atoms with Gasteiger partial charge in [0.15, 0.2) is 0 Å². The maximum Gasteiger partial charge on any atom is 0.280 e. The number of furan rings is 1. The van der Waals surface area contributed by atoms with Crippen LogP contribution in [0.2, 0.25) is 0 Å². The number of nitro groups is 1. The number of hydrogen-bond acceptors (Lipinski definition) is 5. The fourth-order valence-electron chi connectivity index (χ4n) is 2.86. The van der Waals surface area contributed by atoms with Crippen molar-refractivity contribution in [1.29, 1.82) is 5.26 Å². The number of nitriles is 1. The summed E-state index contributed by atoms with van der Waals surface area (Å²) >= 11 is 0. The summed E-state index contributed by atoms with van der Waals surface area (Å²) in [5.41, 5.74) is 1.79. The molecule has 2 aromatic carbocycles. The van der Waals surface area contributed by atoms with Crippen molar-refractivity contribution in [3.63, 3.8) is 0 Å². The third kappa shape index (κ3) is 4.62. The molecule has 3 aromatic rings. The van der Waals surface area contributed by atoms with Crippen LogP contribution >= 0.6 is 0 Å². The van der Waals surface area contributed by atoms with E-state index in [1.807, 2.05) is 18.2 Å². The van der Waals surface area contributed by atoms with Gasteiger partial charge in [-0.15, -0.1) is 0 Å². The number of para-hydroxylation sites is 1. The van der Waals surface area contributed by atoms with E-state index in [1.54, 1.807) is 42.5 Å². The van der Waals surface area contributed by atoms with E-state index in [9.17, 15) is 20.2 Å². The molecule has 7 heteroatoms. The van der Waals surface area contributed by atoms with Crippen LogP contribution in [0.1, 0.15) is 31.1 Å². The Kier molecular flexibility index (Phi) is 6.08. The lowest BCUT2D eigenvalue weighted by atomic mass is 10.0. The molecule has 0 aliphatic carbocycles. The summed E-state index contributed by atoms with van der Waals surface area (Å²) in [6.45, 7) is 4.15. The fraction of sp³-hybridized carbons (Fsp3) is 0.130. The summed E-state index contributed by atoms with van der Waals surface area (Å²) in [5, 5.41) is 23.3. The number of nitro benzene ring substituents is 1. The fourth-order valence-corrected chi connectivity index (χ4v) is 2.86. The molecule has 0 saturated heterocycles. The summed E-state index contributed by atoms with van der Waals surface area (Å²) < 4.78 is 5.62. The van der Waals surface area contributed by atoms with E-state index in [0.29, 0.717) is 17.2 Å². The minimum absolute atomic E-state index is 0.0922. The summed E-state index contributed by atoms with van der Waals surface area (Å²) in [5.74, 6) is 0.317. The molecule has 150 valence electrons. The lowest BCUT2D eigenvalue weighted by Crippen LogP contribution is -2.13. The van der Waals surface area contributed by atoms with Crippen molar-refractivity contribution in [3.05, 3.63) is 87.7 Å². The van der Waals surface area contributed by atoms with Crippen molar-refractivity contribution in [2.24, 2.45) is 0 Å². The van der Waals surface area contributed by atoms with Gasteiger partial charge in [0.25, 0.3) is 11.6 Å². The summed E-state index contributed by atoms with van der Waals surface area (Å²) in [6, 6.07) is 18.6. The number of anilines is 1. The molecule has 1 aromatic heterocycles. The van der Waals surface area contributed by atoms with Gasteiger partial charge in [0, 0.05) is 17.8 Å². The van der Waals surface area contributed by atoms with Crippen molar-refractivity contribution >= 4 is 23.4 Å². The van der Waals surface area contributed by atoms with Gasteiger partial charge in [-0.1, -0.05) is 38.1 Å². The highest BCUT2D eigenvalue weighted by atomic mass is 16.6. The molecule has 0 saturated carbocycles. The smallest absolute Gasteiger partial charge is 0.280 e. The van der Waals surface area contributed by atoms with Gasteiger partial charge < -0.3 is 9.73 Å². The van der Waals surface area contributed by atoms with Crippen molar-refractivity contribution < 1.29 is 14.1 Å². The Morgan fingerprint density at radius 3 is 2.47 bits per heavy atom. The average Bonchev–Trinajstić information content (AvgIpc) is 3.20. The lowest BCUT2D eigenvalue weighted by molar-refractivity contribution is -0.384.